The van der Waals surface area contributed by atoms with Gasteiger partial charge in [-0.15, -0.1) is 0 Å². The van der Waals surface area contributed by atoms with Crippen LogP contribution in [0.15, 0.2) is 76.7 Å². The number of rotatable bonds is 8. The Labute approximate surface area is 250 Å². The molecule has 1 fully saturated rings. The standard InChI is InChI=1S/C31H30F2N6O5/c1-19(2)38-18-24(30(41)39(31(38)42)22-6-3-20(32)4-7-22)29(40)36-21-5-8-27(25(33)15-21)44-28-16-23(17-35-26(28)9-10-34)37-11-13-43-14-12-37/h3-10,15-19H,11-14,34H2,1-2H3,(H,36,40). The summed E-state index contributed by atoms with van der Waals surface area (Å²) >= 11 is 0. The lowest BCUT2D eigenvalue weighted by atomic mass is 10.2. The number of morpholine rings is 1. The molecule has 0 aliphatic carbocycles. The molecule has 11 nitrogen and oxygen atoms in total. The maximum atomic E-state index is 15.3. The number of amides is 1. The first-order valence-electron chi connectivity index (χ1n) is 13.8. The minimum Gasteiger partial charge on any atom is -0.452 e. The van der Waals surface area contributed by atoms with Crippen LogP contribution in [-0.2, 0) is 4.74 Å². The second-order valence-electron chi connectivity index (χ2n) is 10.2. The molecular formula is C31H30F2N6O5. The molecule has 0 bridgehead atoms. The first-order chi connectivity index (χ1) is 21.2. The molecule has 5 rings (SSSR count). The minimum absolute atomic E-state index is 0.0390. The zero-order valence-corrected chi connectivity index (χ0v) is 24.0. The summed E-state index contributed by atoms with van der Waals surface area (Å²) in [6.45, 7) is 5.89. The molecule has 0 unspecified atom stereocenters. The monoisotopic (exact) mass is 604 g/mol. The van der Waals surface area contributed by atoms with Crippen molar-refractivity contribution in [3.63, 3.8) is 0 Å². The SMILES string of the molecule is CC(C)n1cc(C(=O)Nc2ccc(Oc3cc(N4CCOCC4)cnc3C=CN)c(F)c2)c(=O)n(-c2ccc(F)cc2)c1=O. The number of benzene rings is 2. The van der Waals surface area contributed by atoms with Gasteiger partial charge in [0.15, 0.2) is 17.3 Å². The van der Waals surface area contributed by atoms with Crippen molar-refractivity contribution in [1.82, 2.24) is 14.1 Å². The quantitative estimate of drug-likeness (QED) is 0.308. The van der Waals surface area contributed by atoms with Crippen LogP contribution in [-0.4, -0.2) is 46.3 Å². The lowest BCUT2D eigenvalue weighted by Gasteiger charge is -2.29. The number of nitrogens with zero attached hydrogens (tertiary/aromatic N) is 4. The Balaban J connectivity index is 1.42. The molecule has 2 aromatic carbocycles. The zero-order chi connectivity index (χ0) is 31.4. The number of anilines is 2. The average Bonchev–Trinajstić information content (AvgIpc) is 3.00. The van der Waals surface area contributed by atoms with Crippen molar-refractivity contribution in [3.05, 3.63) is 111 Å². The number of aromatic nitrogens is 3. The first kappa shape index (κ1) is 30.2. The van der Waals surface area contributed by atoms with E-state index in [9.17, 15) is 18.8 Å². The molecule has 228 valence electrons. The van der Waals surface area contributed by atoms with Crippen molar-refractivity contribution >= 4 is 23.4 Å². The fraction of sp³-hybridized carbons (Fsp3) is 0.226. The summed E-state index contributed by atoms with van der Waals surface area (Å²) in [4.78, 5) is 46.1. The van der Waals surface area contributed by atoms with Crippen molar-refractivity contribution in [3.8, 4) is 17.2 Å². The maximum Gasteiger partial charge on any atom is 0.335 e. The number of hydrogen-bond donors (Lipinski definition) is 2. The first-order valence-corrected chi connectivity index (χ1v) is 13.8. The molecular weight excluding hydrogens is 574 g/mol. The summed E-state index contributed by atoms with van der Waals surface area (Å²) < 4.78 is 42.1. The molecule has 1 aliphatic heterocycles. The summed E-state index contributed by atoms with van der Waals surface area (Å²) in [5.41, 5.74) is 4.88. The van der Waals surface area contributed by atoms with Crippen LogP contribution in [0.4, 0.5) is 20.2 Å². The van der Waals surface area contributed by atoms with E-state index in [-0.39, 0.29) is 28.4 Å². The van der Waals surface area contributed by atoms with Crippen molar-refractivity contribution in [2.24, 2.45) is 5.73 Å². The molecule has 3 heterocycles. The van der Waals surface area contributed by atoms with Crippen molar-refractivity contribution in [2.45, 2.75) is 19.9 Å². The van der Waals surface area contributed by atoms with E-state index in [4.69, 9.17) is 15.2 Å². The van der Waals surface area contributed by atoms with Crippen molar-refractivity contribution < 1.29 is 23.0 Å². The fourth-order valence-corrected chi connectivity index (χ4v) is 4.63. The van der Waals surface area contributed by atoms with Crippen LogP contribution in [0.25, 0.3) is 11.8 Å². The second kappa shape index (κ2) is 12.9. The molecule has 13 heteroatoms. The van der Waals surface area contributed by atoms with Gasteiger partial charge < -0.3 is 25.4 Å². The molecule has 0 spiro atoms. The van der Waals surface area contributed by atoms with Crippen LogP contribution in [0.3, 0.4) is 0 Å². The summed E-state index contributed by atoms with van der Waals surface area (Å²) in [6.07, 6.45) is 5.65. The van der Waals surface area contributed by atoms with E-state index in [1.54, 1.807) is 26.1 Å². The summed E-state index contributed by atoms with van der Waals surface area (Å²) in [5, 5.41) is 2.51. The topological polar surface area (TPSA) is 134 Å². The molecule has 1 aliphatic rings. The number of hydrogen-bond acceptors (Lipinski definition) is 8. The molecule has 2 aromatic heterocycles. The lowest BCUT2D eigenvalue weighted by Crippen LogP contribution is -2.42. The van der Waals surface area contributed by atoms with E-state index >= 15 is 4.39 Å². The third-order valence-corrected chi connectivity index (χ3v) is 6.91. The number of carbonyl (C=O) groups is 1. The van der Waals surface area contributed by atoms with Crippen LogP contribution in [0, 0.1) is 11.6 Å². The van der Waals surface area contributed by atoms with Gasteiger partial charge in [-0.2, -0.15) is 0 Å². The highest BCUT2D eigenvalue weighted by molar-refractivity contribution is 6.03. The minimum atomic E-state index is -0.912. The third-order valence-electron chi connectivity index (χ3n) is 6.91. The molecule has 44 heavy (non-hydrogen) atoms. The van der Waals surface area contributed by atoms with Crippen LogP contribution in [0.2, 0.25) is 0 Å². The summed E-state index contributed by atoms with van der Waals surface area (Å²) in [7, 11) is 0. The Morgan fingerprint density at radius 1 is 1.05 bits per heavy atom. The second-order valence-corrected chi connectivity index (χ2v) is 10.2. The Kier molecular flexibility index (Phi) is 8.86. The largest absolute Gasteiger partial charge is 0.452 e. The van der Waals surface area contributed by atoms with Gasteiger partial charge >= 0.3 is 5.69 Å². The Morgan fingerprint density at radius 2 is 1.77 bits per heavy atom. The molecule has 0 saturated carbocycles. The number of nitrogens with two attached hydrogens (primary N) is 1. The average molecular weight is 605 g/mol. The summed E-state index contributed by atoms with van der Waals surface area (Å²) in [6, 6.07) is 9.83. The Bertz CT molecular complexity index is 1830. The molecule has 1 amide bonds. The van der Waals surface area contributed by atoms with Crippen LogP contribution in [0.5, 0.6) is 11.5 Å². The van der Waals surface area contributed by atoms with E-state index in [0.717, 1.165) is 34.7 Å². The number of pyridine rings is 1. The van der Waals surface area contributed by atoms with E-state index < -0.39 is 34.8 Å². The molecule has 0 atom stereocenters. The summed E-state index contributed by atoms with van der Waals surface area (Å²) in [5.74, 6) is -2.09. The van der Waals surface area contributed by atoms with E-state index in [2.05, 4.69) is 15.2 Å². The number of carbonyl (C=O) groups excluding carboxylic acids is 1. The van der Waals surface area contributed by atoms with Crippen molar-refractivity contribution in [1.29, 1.82) is 0 Å². The lowest BCUT2D eigenvalue weighted by molar-refractivity contribution is 0.102. The number of halogens is 2. The van der Waals surface area contributed by atoms with E-state index in [0.29, 0.717) is 32.0 Å². The molecule has 3 N–H and O–H groups in total. The normalized spacial score (nSPS) is 13.4. The van der Waals surface area contributed by atoms with Crippen LogP contribution < -0.4 is 31.9 Å². The molecule has 0 radical (unpaired) electrons. The Hall–Kier alpha value is -5.30. The molecule has 4 aromatic rings. The van der Waals surface area contributed by atoms with Crippen LogP contribution >= 0.6 is 0 Å². The van der Waals surface area contributed by atoms with Gasteiger partial charge in [-0.3, -0.25) is 19.1 Å². The van der Waals surface area contributed by atoms with Gasteiger partial charge in [-0.1, -0.05) is 0 Å². The Morgan fingerprint density at radius 3 is 2.43 bits per heavy atom. The smallest absolute Gasteiger partial charge is 0.335 e. The van der Waals surface area contributed by atoms with Gasteiger partial charge in [0.2, 0.25) is 0 Å². The van der Waals surface area contributed by atoms with Crippen molar-refractivity contribution in [2.75, 3.05) is 36.5 Å². The van der Waals surface area contributed by atoms with Gasteiger partial charge in [-0.25, -0.2) is 18.1 Å². The van der Waals surface area contributed by atoms with Gasteiger partial charge in [0.1, 0.15) is 17.1 Å². The van der Waals surface area contributed by atoms with Gasteiger partial charge in [0.05, 0.1) is 30.8 Å². The predicted molar refractivity (Wildman–Crippen MR) is 162 cm³/mol. The van der Waals surface area contributed by atoms with Gasteiger partial charge in [-0.05, 0) is 62.5 Å². The fourth-order valence-electron chi connectivity index (χ4n) is 4.63. The predicted octanol–water partition coefficient (Wildman–Crippen LogP) is 4.06. The van der Waals surface area contributed by atoms with Gasteiger partial charge in [0.25, 0.3) is 11.5 Å². The maximum absolute atomic E-state index is 15.3. The number of ether oxygens (including phenoxy) is 2. The zero-order valence-electron chi connectivity index (χ0n) is 24.0. The number of nitrogens with one attached hydrogen (secondary N) is 1. The molecule has 1 saturated heterocycles. The van der Waals surface area contributed by atoms with Gasteiger partial charge in [0, 0.05) is 43.1 Å². The van der Waals surface area contributed by atoms with E-state index in [1.807, 2.05) is 0 Å². The van der Waals surface area contributed by atoms with Crippen LogP contribution in [0.1, 0.15) is 35.9 Å². The van der Waals surface area contributed by atoms with E-state index in [1.165, 1.54) is 41.1 Å². The highest BCUT2D eigenvalue weighted by atomic mass is 19.1. The third kappa shape index (κ3) is 6.37. The highest BCUT2D eigenvalue weighted by Gasteiger charge is 2.21. The highest BCUT2D eigenvalue weighted by Crippen LogP contribution is 2.32.